The average Bonchev–Trinajstić information content (AvgIpc) is 3.31. The standard InChI is InChI=1S/C26H32N6O5/c1-29-23-22(24(34)28-26(29)35)32(16-19(33)17-37-21-10-8-20(36-2)9-11-21)25(27-23)31-14-12-30(13-15-31)18-6-4-3-5-7-18/h3-11,19,22-23,33H,12-17H2,1-2H3,(H,28,34,35). The summed E-state index contributed by atoms with van der Waals surface area (Å²) in [4.78, 5) is 37.7. The van der Waals surface area contributed by atoms with E-state index in [-0.39, 0.29) is 13.2 Å². The third kappa shape index (κ3) is 5.12. The van der Waals surface area contributed by atoms with E-state index >= 15 is 0 Å². The lowest BCUT2D eigenvalue weighted by Gasteiger charge is -2.41. The summed E-state index contributed by atoms with van der Waals surface area (Å²) in [7, 11) is 3.22. The molecule has 0 saturated carbocycles. The zero-order valence-electron chi connectivity index (χ0n) is 21.0. The van der Waals surface area contributed by atoms with Crippen molar-refractivity contribution in [3.63, 3.8) is 0 Å². The number of guanidine groups is 1. The van der Waals surface area contributed by atoms with Crippen LogP contribution in [0.2, 0.25) is 0 Å². The number of methoxy groups -OCH3 is 1. The van der Waals surface area contributed by atoms with Crippen molar-refractivity contribution in [2.75, 3.05) is 58.4 Å². The highest BCUT2D eigenvalue weighted by Gasteiger charge is 2.50. The van der Waals surface area contributed by atoms with Crippen LogP contribution in [-0.4, -0.2) is 110 Å². The van der Waals surface area contributed by atoms with Crippen molar-refractivity contribution in [2.45, 2.75) is 18.3 Å². The number of β-amino-alcohol motifs (C(OH)–C–C–N with tert-alkyl or cyclic N) is 1. The van der Waals surface area contributed by atoms with E-state index in [2.05, 4.69) is 27.2 Å². The fraction of sp³-hybridized carbons (Fsp3) is 0.423. The summed E-state index contributed by atoms with van der Waals surface area (Å²) in [6.45, 7) is 3.13. The second kappa shape index (κ2) is 10.6. The van der Waals surface area contributed by atoms with Gasteiger partial charge in [0.15, 0.2) is 18.2 Å². The van der Waals surface area contributed by atoms with E-state index < -0.39 is 30.2 Å². The Labute approximate surface area is 215 Å². The highest BCUT2D eigenvalue weighted by molar-refractivity contribution is 6.03. The number of piperazine rings is 1. The van der Waals surface area contributed by atoms with Gasteiger partial charge >= 0.3 is 6.03 Å². The Balaban J connectivity index is 1.29. The maximum atomic E-state index is 12.9. The molecule has 11 heteroatoms. The predicted octanol–water partition coefficient (Wildman–Crippen LogP) is 0.805. The Kier molecular flexibility index (Phi) is 7.04. The van der Waals surface area contributed by atoms with Crippen LogP contribution in [-0.2, 0) is 4.79 Å². The molecule has 0 bridgehead atoms. The molecule has 2 aromatic carbocycles. The number of nitrogens with one attached hydrogen (secondary N) is 1. The van der Waals surface area contributed by atoms with Crippen LogP contribution in [0.5, 0.6) is 11.5 Å². The molecule has 11 nitrogen and oxygen atoms in total. The second-order valence-electron chi connectivity index (χ2n) is 9.30. The van der Waals surface area contributed by atoms with Gasteiger partial charge in [-0.05, 0) is 36.4 Å². The molecular formula is C26H32N6O5. The third-order valence-corrected chi connectivity index (χ3v) is 6.93. The number of aliphatic hydroxyl groups is 1. The molecule has 0 aliphatic carbocycles. The number of anilines is 1. The first-order valence-corrected chi connectivity index (χ1v) is 12.4. The Morgan fingerprint density at radius 3 is 2.32 bits per heavy atom. The van der Waals surface area contributed by atoms with E-state index in [0.29, 0.717) is 30.5 Å². The normalized spacial score (nSPS) is 22.4. The molecule has 196 valence electrons. The van der Waals surface area contributed by atoms with E-state index in [9.17, 15) is 14.7 Å². The summed E-state index contributed by atoms with van der Waals surface area (Å²) in [5, 5.41) is 13.3. The molecule has 3 heterocycles. The van der Waals surface area contributed by atoms with Gasteiger partial charge in [0.25, 0.3) is 5.91 Å². The lowest BCUT2D eigenvalue weighted by molar-refractivity contribution is -0.127. The summed E-state index contributed by atoms with van der Waals surface area (Å²) < 4.78 is 10.9. The van der Waals surface area contributed by atoms with Gasteiger partial charge in [-0.25, -0.2) is 9.79 Å². The van der Waals surface area contributed by atoms with Gasteiger partial charge in [0, 0.05) is 38.9 Å². The number of likely N-dealkylation sites (N-methyl/N-ethyl adjacent to an activating group) is 1. The van der Waals surface area contributed by atoms with E-state index in [4.69, 9.17) is 14.5 Å². The average molecular weight is 509 g/mol. The monoisotopic (exact) mass is 508 g/mol. The summed E-state index contributed by atoms with van der Waals surface area (Å²) in [5.74, 6) is 1.51. The number of hydrogen-bond acceptors (Lipinski definition) is 9. The van der Waals surface area contributed by atoms with Crippen molar-refractivity contribution in [3.05, 3.63) is 54.6 Å². The molecule has 2 fully saturated rings. The fourth-order valence-corrected chi connectivity index (χ4v) is 4.92. The highest BCUT2D eigenvalue weighted by Crippen LogP contribution is 2.27. The lowest BCUT2D eigenvalue weighted by atomic mass is 10.1. The summed E-state index contributed by atoms with van der Waals surface area (Å²) in [6, 6.07) is 16.1. The van der Waals surface area contributed by atoms with Crippen molar-refractivity contribution >= 4 is 23.6 Å². The molecule has 2 aromatic rings. The van der Waals surface area contributed by atoms with E-state index in [1.165, 1.54) is 4.90 Å². The van der Waals surface area contributed by atoms with Crippen molar-refractivity contribution in [3.8, 4) is 11.5 Å². The SMILES string of the molecule is COc1ccc(OCC(O)CN2C(N3CCN(c4ccccc4)CC3)=NC3C2C(=O)NC(=O)N3C)cc1. The number of imide groups is 1. The zero-order valence-corrected chi connectivity index (χ0v) is 21.0. The van der Waals surface area contributed by atoms with Gasteiger partial charge in [0.1, 0.15) is 24.2 Å². The van der Waals surface area contributed by atoms with Crippen LogP contribution in [0.25, 0.3) is 0 Å². The molecule has 3 unspecified atom stereocenters. The zero-order chi connectivity index (χ0) is 25.9. The molecule has 37 heavy (non-hydrogen) atoms. The summed E-state index contributed by atoms with van der Waals surface area (Å²) in [5.41, 5.74) is 1.16. The second-order valence-corrected chi connectivity index (χ2v) is 9.30. The van der Waals surface area contributed by atoms with Gasteiger partial charge in [0.05, 0.1) is 13.7 Å². The molecule has 3 aliphatic heterocycles. The van der Waals surface area contributed by atoms with Crippen LogP contribution in [0.4, 0.5) is 10.5 Å². The Bertz CT molecular complexity index is 1140. The molecule has 2 N–H and O–H groups in total. The number of benzene rings is 2. The maximum Gasteiger partial charge on any atom is 0.325 e. The largest absolute Gasteiger partial charge is 0.497 e. The van der Waals surface area contributed by atoms with Crippen LogP contribution in [0.15, 0.2) is 59.6 Å². The van der Waals surface area contributed by atoms with Crippen LogP contribution in [0.1, 0.15) is 0 Å². The van der Waals surface area contributed by atoms with Crippen LogP contribution >= 0.6 is 0 Å². The van der Waals surface area contributed by atoms with Crippen LogP contribution < -0.4 is 19.7 Å². The van der Waals surface area contributed by atoms with Crippen molar-refractivity contribution in [1.82, 2.24) is 20.0 Å². The number of carbonyl (C=O) groups is 2. The highest BCUT2D eigenvalue weighted by atomic mass is 16.5. The summed E-state index contributed by atoms with van der Waals surface area (Å²) >= 11 is 0. The first-order valence-electron chi connectivity index (χ1n) is 12.4. The van der Waals surface area contributed by atoms with Crippen LogP contribution in [0, 0.1) is 0 Å². The molecule has 0 aromatic heterocycles. The molecule has 0 spiro atoms. The minimum absolute atomic E-state index is 0.0334. The molecular weight excluding hydrogens is 476 g/mol. The first-order chi connectivity index (χ1) is 17.9. The maximum absolute atomic E-state index is 12.9. The van der Waals surface area contributed by atoms with E-state index in [0.717, 1.165) is 18.8 Å². The van der Waals surface area contributed by atoms with Gasteiger partial charge in [-0.15, -0.1) is 0 Å². The number of nitrogens with zero attached hydrogens (tertiary/aromatic N) is 5. The number of para-hydroxylation sites is 1. The third-order valence-electron chi connectivity index (χ3n) is 6.93. The number of rotatable bonds is 7. The number of hydrogen-bond donors (Lipinski definition) is 2. The molecule has 0 radical (unpaired) electrons. The van der Waals surface area contributed by atoms with Crippen molar-refractivity contribution in [2.24, 2.45) is 4.99 Å². The molecule has 2 saturated heterocycles. The smallest absolute Gasteiger partial charge is 0.325 e. The predicted molar refractivity (Wildman–Crippen MR) is 138 cm³/mol. The first kappa shape index (κ1) is 24.7. The minimum atomic E-state index is -0.896. The summed E-state index contributed by atoms with van der Waals surface area (Å²) in [6.07, 6.45) is -1.55. The topological polar surface area (TPSA) is 110 Å². The van der Waals surface area contributed by atoms with Gasteiger partial charge in [-0.2, -0.15) is 0 Å². The number of ether oxygens (including phenoxy) is 2. The number of aliphatic hydroxyl groups excluding tert-OH is 1. The number of amides is 3. The van der Waals surface area contributed by atoms with E-state index in [1.807, 2.05) is 23.1 Å². The number of fused-ring (bicyclic) bond motifs is 1. The van der Waals surface area contributed by atoms with Gasteiger partial charge in [0.2, 0.25) is 0 Å². The Hall–Kier alpha value is -3.99. The lowest BCUT2D eigenvalue weighted by Crippen LogP contribution is -2.65. The quantitative estimate of drug-likeness (QED) is 0.566. The van der Waals surface area contributed by atoms with E-state index in [1.54, 1.807) is 38.4 Å². The van der Waals surface area contributed by atoms with Crippen molar-refractivity contribution in [1.29, 1.82) is 0 Å². The van der Waals surface area contributed by atoms with Gasteiger partial charge in [-0.3, -0.25) is 10.1 Å². The molecule has 3 amide bonds. The van der Waals surface area contributed by atoms with Gasteiger partial charge < -0.3 is 34.2 Å². The Morgan fingerprint density at radius 1 is 1.00 bits per heavy atom. The Morgan fingerprint density at radius 2 is 1.65 bits per heavy atom. The minimum Gasteiger partial charge on any atom is -0.497 e. The molecule has 3 atom stereocenters. The molecule has 5 rings (SSSR count). The molecule has 3 aliphatic rings. The van der Waals surface area contributed by atoms with Crippen LogP contribution in [0.3, 0.4) is 0 Å². The number of urea groups is 1. The fourth-order valence-electron chi connectivity index (χ4n) is 4.92. The van der Waals surface area contributed by atoms with Gasteiger partial charge in [-0.1, -0.05) is 18.2 Å². The van der Waals surface area contributed by atoms with Crippen molar-refractivity contribution < 1.29 is 24.2 Å². The number of carbonyl (C=O) groups excluding carboxylic acids is 2. The number of aliphatic imine (C=N–C) groups is 1.